The van der Waals surface area contributed by atoms with E-state index in [1.54, 1.807) is 19.3 Å². The number of aromatic nitrogens is 5. The van der Waals surface area contributed by atoms with E-state index in [0.717, 1.165) is 47.4 Å². The Labute approximate surface area is 195 Å². The van der Waals surface area contributed by atoms with E-state index in [9.17, 15) is 9.59 Å². The van der Waals surface area contributed by atoms with Crippen LogP contribution in [0, 0.1) is 6.92 Å². The van der Waals surface area contributed by atoms with Gasteiger partial charge in [-0.3, -0.25) is 9.59 Å². The SMILES string of the molecule is Cc1cc(-c2cnc3[nH]cc(-c4ccc5c(=O)n(C)n(C=O)c5c4)c3n2)cc2c1CCN(C)C2. The summed E-state index contributed by atoms with van der Waals surface area (Å²) in [5.41, 5.74) is 9.48. The molecule has 0 aliphatic carbocycles. The standard InChI is InChI=1S/C26H24N6O2/c1-15-8-17(9-18-13-30(2)7-6-19(15)18)22-12-28-25-24(29-22)21(11-27-25)16-4-5-20-23(10-16)32(14-33)31(3)26(20)34/h4-5,8-12,14H,6-7,13H2,1-3H3,(H,27,28). The van der Waals surface area contributed by atoms with Gasteiger partial charge in [0.2, 0.25) is 6.41 Å². The van der Waals surface area contributed by atoms with Crippen LogP contribution in [0.2, 0.25) is 0 Å². The van der Waals surface area contributed by atoms with Crippen LogP contribution < -0.4 is 5.56 Å². The second kappa shape index (κ2) is 7.50. The highest BCUT2D eigenvalue weighted by atomic mass is 16.2. The number of rotatable bonds is 3. The van der Waals surface area contributed by atoms with Gasteiger partial charge in [-0.15, -0.1) is 0 Å². The molecule has 0 saturated heterocycles. The number of nitrogens with zero attached hydrogens (tertiary/aromatic N) is 5. The number of likely N-dealkylation sites (N-methyl/N-ethyl adjacent to an activating group) is 1. The average Bonchev–Trinajstić information content (AvgIpc) is 3.36. The lowest BCUT2D eigenvalue weighted by atomic mass is 9.92. The van der Waals surface area contributed by atoms with Crippen molar-refractivity contribution in [3.05, 3.63) is 69.8 Å². The van der Waals surface area contributed by atoms with Crippen LogP contribution in [-0.4, -0.2) is 49.2 Å². The second-order valence-corrected chi connectivity index (χ2v) is 9.08. The van der Waals surface area contributed by atoms with E-state index in [-0.39, 0.29) is 5.56 Å². The quantitative estimate of drug-likeness (QED) is 0.425. The highest BCUT2D eigenvalue weighted by molar-refractivity contribution is 5.95. The number of aryl methyl sites for hydroxylation is 1. The summed E-state index contributed by atoms with van der Waals surface area (Å²) in [6, 6.07) is 9.92. The Kier molecular flexibility index (Phi) is 4.53. The van der Waals surface area contributed by atoms with Crippen LogP contribution in [-0.2, 0) is 24.8 Å². The molecule has 8 nitrogen and oxygen atoms in total. The highest BCUT2D eigenvalue weighted by Crippen LogP contribution is 2.32. The van der Waals surface area contributed by atoms with Gasteiger partial charge in [0.15, 0.2) is 5.65 Å². The third-order valence-corrected chi connectivity index (χ3v) is 6.93. The maximum Gasteiger partial charge on any atom is 0.274 e. The van der Waals surface area contributed by atoms with E-state index in [2.05, 4.69) is 41.0 Å². The van der Waals surface area contributed by atoms with E-state index < -0.39 is 0 Å². The summed E-state index contributed by atoms with van der Waals surface area (Å²) in [5, 5.41) is 0.500. The van der Waals surface area contributed by atoms with Crippen LogP contribution in [0.3, 0.4) is 0 Å². The van der Waals surface area contributed by atoms with Crippen molar-refractivity contribution in [1.82, 2.24) is 29.2 Å². The lowest BCUT2D eigenvalue weighted by molar-refractivity contribution is 0.312. The maximum atomic E-state index is 12.4. The first-order valence-corrected chi connectivity index (χ1v) is 11.3. The molecule has 0 spiro atoms. The summed E-state index contributed by atoms with van der Waals surface area (Å²) in [5.74, 6) is 0. The molecule has 170 valence electrons. The van der Waals surface area contributed by atoms with Crippen LogP contribution in [0.25, 0.3) is 44.5 Å². The van der Waals surface area contributed by atoms with Gasteiger partial charge in [-0.25, -0.2) is 19.3 Å². The number of fused-ring (bicyclic) bond motifs is 3. The summed E-state index contributed by atoms with van der Waals surface area (Å²) in [6.07, 6.45) is 5.39. The number of carbonyl (C=O) groups is 1. The Morgan fingerprint density at radius 2 is 1.97 bits per heavy atom. The molecule has 4 heterocycles. The molecular formula is C26H24N6O2. The monoisotopic (exact) mass is 452 g/mol. The highest BCUT2D eigenvalue weighted by Gasteiger charge is 2.18. The number of benzene rings is 2. The summed E-state index contributed by atoms with van der Waals surface area (Å²) < 4.78 is 2.63. The van der Waals surface area contributed by atoms with E-state index in [1.165, 1.54) is 26.1 Å². The number of H-pyrrole nitrogens is 1. The van der Waals surface area contributed by atoms with E-state index in [1.807, 2.05) is 18.3 Å². The van der Waals surface area contributed by atoms with Crippen molar-refractivity contribution < 1.29 is 4.79 Å². The van der Waals surface area contributed by atoms with Crippen molar-refractivity contribution in [2.45, 2.75) is 19.9 Å². The first-order chi connectivity index (χ1) is 16.4. The molecule has 0 unspecified atom stereocenters. The topological polar surface area (TPSA) is 88.8 Å². The van der Waals surface area contributed by atoms with Crippen LogP contribution in [0.1, 0.15) is 16.7 Å². The van der Waals surface area contributed by atoms with Crippen molar-refractivity contribution >= 4 is 28.5 Å². The molecule has 0 saturated carbocycles. The molecule has 1 aliphatic heterocycles. The van der Waals surface area contributed by atoms with E-state index in [4.69, 9.17) is 4.98 Å². The van der Waals surface area contributed by atoms with Gasteiger partial charge in [-0.05, 0) is 66.9 Å². The van der Waals surface area contributed by atoms with Gasteiger partial charge >= 0.3 is 0 Å². The van der Waals surface area contributed by atoms with Gasteiger partial charge in [-0.1, -0.05) is 6.07 Å². The zero-order valence-electron chi connectivity index (χ0n) is 19.3. The molecule has 6 rings (SSSR count). The number of aromatic amines is 1. The van der Waals surface area contributed by atoms with Crippen LogP contribution >= 0.6 is 0 Å². The minimum Gasteiger partial charge on any atom is -0.344 e. The van der Waals surface area contributed by atoms with Crippen molar-refractivity contribution in [2.75, 3.05) is 13.6 Å². The number of nitrogens with one attached hydrogen (secondary N) is 1. The number of carbonyl (C=O) groups excluding carboxylic acids is 1. The zero-order chi connectivity index (χ0) is 23.6. The molecule has 2 aromatic carbocycles. The Morgan fingerprint density at radius 1 is 1.12 bits per heavy atom. The summed E-state index contributed by atoms with van der Waals surface area (Å²) >= 11 is 0. The molecule has 0 radical (unpaired) electrons. The van der Waals surface area contributed by atoms with Crippen molar-refractivity contribution in [2.24, 2.45) is 7.05 Å². The molecular weight excluding hydrogens is 428 g/mol. The fourth-order valence-corrected chi connectivity index (χ4v) is 5.09. The zero-order valence-corrected chi connectivity index (χ0v) is 19.3. The van der Waals surface area contributed by atoms with E-state index >= 15 is 0 Å². The number of hydrogen-bond acceptors (Lipinski definition) is 5. The van der Waals surface area contributed by atoms with Crippen LogP contribution in [0.4, 0.5) is 0 Å². The molecule has 5 aromatic rings. The third kappa shape index (κ3) is 3.03. The summed E-state index contributed by atoms with van der Waals surface area (Å²) in [6.45, 7) is 4.18. The molecule has 3 aromatic heterocycles. The van der Waals surface area contributed by atoms with E-state index in [0.29, 0.717) is 23.0 Å². The number of hydrogen-bond donors (Lipinski definition) is 1. The first-order valence-electron chi connectivity index (χ1n) is 11.3. The molecule has 0 atom stereocenters. The molecule has 0 bridgehead atoms. The van der Waals surface area contributed by atoms with Gasteiger partial charge < -0.3 is 9.88 Å². The largest absolute Gasteiger partial charge is 0.344 e. The molecule has 1 aliphatic rings. The molecule has 8 heteroatoms. The molecule has 0 amide bonds. The summed E-state index contributed by atoms with van der Waals surface area (Å²) in [7, 11) is 3.73. The Balaban J connectivity index is 1.50. The van der Waals surface area contributed by atoms with Crippen LogP contribution in [0.5, 0.6) is 0 Å². The molecule has 0 fully saturated rings. The Hall–Kier alpha value is -4.04. The van der Waals surface area contributed by atoms with Crippen molar-refractivity contribution in [3.63, 3.8) is 0 Å². The van der Waals surface area contributed by atoms with Crippen molar-refractivity contribution in [3.8, 4) is 22.4 Å². The minimum absolute atomic E-state index is 0.205. The predicted octanol–water partition coefficient (Wildman–Crippen LogP) is 3.28. The lowest BCUT2D eigenvalue weighted by Gasteiger charge is -2.27. The predicted molar refractivity (Wildman–Crippen MR) is 132 cm³/mol. The van der Waals surface area contributed by atoms with Gasteiger partial charge in [0, 0.05) is 37.5 Å². The third-order valence-electron chi connectivity index (χ3n) is 6.93. The smallest absolute Gasteiger partial charge is 0.274 e. The fraction of sp³-hybridized carbons (Fsp3) is 0.231. The average molecular weight is 453 g/mol. The van der Waals surface area contributed by atoms with Crippen LogP contribution in [0.15, 0.2) is 47.5 Å². The molecule has 34 heavy (non-hydrogen) atoms. The van der Waals surface area contributed by atoms with Gasteiger partial charge in [0.25, 0.3) is 5.56 Å². The van der Waals surface area contributed by atoms with Gasteiger partial charge in [0.1, 0.15) is 5.52 Å². The normalized spacial score (nSPS) is 14.1. The van der Waals surface area contributed by atoms with Crippen molar-refractivity contribution in [1.29, 1.82) is 0 Å². The Morgan fingerprint density at radius 3 is 2.79 bits per heavy atom. The fourth-order valence-electron chi connectivity index (χ4n) is 5.09. The second-order valence-electron chi connectivity index (χ2n) is 9.08. The summed E-state index contributed by atoms with van der Waals surface area (Å²) in [4.78, 5) is 39.2. The first kappa shape index (κ1) is 20.6. The minimum atomic E-state index is -0.205. The van der Waals surface area contributed by atoms with Gasteiger partial charge in [0.05, 0.1) is 22.8 Å². The lowest BCUT2D eigenvalue weighted by Crippen LogP contribution is -2.27. The van der Waals surface area contributed by atoms with Gasteiger partial charge in [-0.2, -0.15) is 0 Å². The maximum absolute atomic E-state index is 12.4. The Bertz CT molecular complexity index is 1670. The molecule has 1 N–H and O–H groups in total.